The Kier molecular flexibility index (Phi) is 4.76. The zero-order valence-corrected chi connectivity index (χ0v) is 15.5. The second kappa shape index (κ2) is 6.69. The van der Waals surface area contributed by atoms with Gasteiger partial charge in [-0.2, -0.15) is 0 Å². The summed E-state index contributed by atoms with van der Waals surface area (Å²) in [4.78, 5) is 4.47. The predicted molar refractivity (Wildman–Crippen MR) is 100 cm³/mol. The van der Waals surface area contributed by atoms with E-state index in [1.807, 2.05) is 64.1 Å². The monoisotopic (exact) mass is 340 g/mol. The molecule has 1 aliphatic heterocycles. The molecule has 1 fully saturated rings. The largest absolute Gasteiger partial charge is 0.497 e. The lowest BCUT2D eigenvalue weighted by atomic mass is 9.80. The molecule has 1 aliphatic rings. The number of hydrogen-bond donors (Lipinski definition) is 1. The van der Waals surface area contributed by atoms with E-state index in [-0.39, 0.29) is 18.3 Å². The molecule has 5 nitrogen and oxygen atoms in total. The fourth-order valence-electron chi connectivity index (χ4n) is 2.56. The van der Waals surface area contributed by atoms with E-state index in [2.05, 4.69) is 10.3 Å². The first-order chi connectivity index (χ1) is 11.8. The number of nitrogens with one attached hydrogen (secondary N) is 1. The number of anilines is 1. The number of rotatable bonds is 5. The van der Waals surface area contributed by atoms with Gasteiger partial charge in [-0.25, -0.2) is 4.98 Å². The van der Waals surface area contributed by atoms with Crippen molar-refractivity contribution in [1.82, 2.24) is 4.98 Å². The molecular formula is C19H25BN2O3. The normalized spacial score (nSPS) is 18.2. The lowest BCUT2D eigenvalue weighted by Gasteiger charge is -2.32. The van der Waals surface area contributed by atoms with E-state index in [0.29, 0.717) is 6.54 Å². The van der Waals surface area contributed by atoms with Gasteiger partial charge in [-0.05, 0) is 51.5 Å². The van der Waals surface area contributed by atoms with Crippen molar-refractivity contribution < 1.29 is 14.0 Å². The van der Waals surface area contributed by atoms with Crippen molar-refractivity contribution in [3.63, 3.8) is 0 Å². The summed E-state index contributed by atoms with van der Waals surface area (Å²) in [5.41, 5.74) is 1.40. The van der Waals surface area contributed by atoms with Crippen molar-refractivity contribution in [2.24, 2.45) is 0 Å². The Labute approximate surface area is 149 Å². The van der Waals surface area contributed by atoms with E-state index in [4.69, 9.17) is 14.0 Å². The van der Waals surface area contributed by atoms with Crippen LogP contribution in [0.4, 0.5) is 5.82 Å². The molecule has 0 bridgehead atoms. The molecule has 132 valence electrons. The van der Waals surface area contributed by atoms with E-state index in [1.54, 1.807) is 13.3 Å². The minimum absolute atomic E-state index is 0.344. The highest BCUT2D eigenvalue weighted by molar-refractivity contribution is 6.62. The maximum atomic E-state index is 6.05. The van der Waals surface area contributed by atoms with Gasteiger partial charge in [0.2, 0.25) is 0 Å². The average molecular weight is 340 g/mol. The average Bonchev–Trinajstić information content (AvgIpc) is 2.82. The molecule has 3 rings (SSSR count). The molecule has 1 saturated heterocycles. The molecule has 1 N–H and O–H groups in total. The molecular weight excluding hydrogens is 315 g/mol. The number of ether oxygens (including phenoxy) is 1. The molecule has 0 radical (unpaired) electrons. The Hall–Kier alpha value is -2.05. The molecule has 1 aromatic carbocycles. The molecule has 0 amide bonds. The Morgan fingerprint density at radius 1 is 1.00 bits per heavy atom. The van der Waals surface area contributed by atoms with Crippen molar-refractivity contribution >= 4 is 18.4 Å². The molecule has 0 unspecified atom stereocenters. The van der Waals surface area contributed by atoms with Crippen LogP contribution in [0.5, 0.6) is 5.75 Å². The first-order valence-electron chi connectivity index (χ1n) is 8.49. The van der Waals surface area contributed by atoms with E-state index in [0.717, 1.165) is 22.6 Å². The van der Waals surface area contributed by atoms with Crippen molar-refractivity contribution in [3.8, 4) is 5.75 Å². The van der Waals surface area contributed by atoms with Gasteiger partial charge in [-0.3, -0.25) is 0 Å². The molecule has 0 aliphatic carbocycles. The summed E-state index contributed by atoms with van der Waals surface area (Å²) in [5, 5.41) is 3.32. The molecule has 1 aromatic heterocycles. The summed E-state index contributed by atoms with van der Waals surface area (Å²) in [5.74, 6) is 1.67. The number of hydrogen-bond acceptors (Lipinski definition) is 5. The summed E-state index contributed by atoms with van der Waals surface area (Å²) in [7, 11) is 1.28. The summed E-state index contributed by atoms with van der Waals surface area (Å²) in [6.45, 7) is 8.89. The molecule has 2 aromatic rings. The van der Waals surface area contributed by atoms with Crippen LogP contribution in [-0.2, 0) is 15.9 Å². The zero-order chi connectivity index (χ0) is 18.1. The summed E-state index contributed by atoms with van der Waals surface area (Å²) >= 11 is 0. The number of aromatic nitrogens is 1. The van der Waals surface area contributed by atoms with Gasteiger partial charge in [-0.15, -0.1) is 0 Å². The van der Waals surface area contributed by atoms with Gasteiger partial charge in [0.05, 0.1) is 18.3 Å². The van der Waals surface area contributed by atoms with Crippen LogP contribution in [-0.4, -0.2) is 30.4 Å². The van der Waals surface area contributed by atoms with Crippen LogP contribution >= 0.6 is 0 Å². The van der Waals surface area contributed by atoms with Gasteiger partial charge in [0, 0.05) is 18.2 Å². The number of methoxy groups -OCH3 is 1. The van der Waals surface area contributed by atoms with E-state index in [9.17, 15) is 0 Å². The summed E-state index contributed by atoms with van der Waals surface area (Å²) < 4.78 is 17.3. The molecule has 0 atom stereocenters. The van der Waals surface area contributed by atoms with Crippen LogP contribution in [0.25, 0.3) is 0 Å². The Bertz CT molecular complexity index is 698. The SMILES string of the molecule is COc1ccc(CNc2ccc(B3OC(C)(C)C(C)(C)O3)cn2)cc1. The summed E-state index contributed by atoms with van der Waals surface area (Å²) in [6.07, 6.45) is 1.80. The topological polar surface area (TPSA) is 52.6 Å². The third kappa shape index (κ3) is 3.80. The van der Waals surface area contributed by atoms with Crippen LogP contribution in [0.2, 0.25) is 0 Å². The molecule has 6 heteroatoms. The fraction of sp³-hybridized carbons (Fsp3) is 0.421. The van der Waals surface area contributed by atoms with Gasteiger partial charge in [-0.1, -0.05) is 18.2 Å². The standard InChI is InChI=1S/C19H25BN2O3/c1-18(2)19(3,4)25-20(24-18)15-8-11-17(22-13-15)21-12-14-6-9-16(23-5)10-7-14/h6-11,13H,12H2,1-5H3,(H,21,22). The van der Waals surface area contributed by atoms with Gasteiger partial charge < -0.3 is 19.4 Å². The van der Waals surface area contributed by atoms with Crippen molar-refractivity contribution in [2.75, 3.05) is 12.4 Å². The summed E-state index contributed by atoms with van der Waals surface area (Å²) in [6, 6.07) is 11.9. The molecule has 25 heavy (non-hydrogen) atoms. The maximum absolute atomic E-state index is 6.05. The van der Waals surface area contributed by atoms with Crippen LogP contribution in [0.15, 0.2) is 42.6 Å². The van der Waals surface area contributed by atoms with Crippen LogP contribution in [0.1, 0.15) is 33.3 Å². The highest BCUT2D eigenvalue weighted by Crippen LogP contribution is 2.36. The highest BCUT2D eigenvalue weighted by Gasteiger charge is 2.51. The molecule has 2 heterocycles. The highest BCUT2D eigenvalue weighted by atomic mass is 16.7. The van der Waals surface area contributed by atoms with Crippen molar-refractivity contribution in [2.45, 2.75) is 45.4 Å². The smallest absolute Gasteiger partial charge is 0.496 e. The second-order valence-corrected chi connectivity index (χ2v) is 7.27. The van der Waals surface area contributed by atoms with E-state index in [1.165, 1.54) is 0 Å². The Morgan fingerprint density at radius 3 is 2.16 bits per heavy atom. The van der Waals surface area contributed by atoms with E-state index < -0.39 is 0 Å². The van der Waals surface area contributed by atoms with Gasteiger partial charge >= 0.3 is 7.12 Å². The number of benzene rings is 1. The van der Waals surface area contributed by atoms with Gasteiger partial charge in [0.1, 0.15) is 11.6 Å². The zero-order valence-electron chi connectivity index (χ0n) is 15.5. The van der Waals surface area contributed by atoms with Gasteiger partial charge in [0.25, 0.3) is 0 Å². The minimum Gasteiger partial charge on any atom is -0.497 e. The minimum atomic E-state index is -0.381. The lowest BCUT2D eigenvalue weighted by molar-refractivity contribution is 0.00578. The number of nitrogens with zero attached hydrogens (tertiary/aromatic N) is 1. The predicted octanol–water partition coefficient (Wildman–Crippen LogP) is 3.00. The van der Waals surface area contributed by atoms with Crippen LogP contribution in [0, 0.1) is 0 Å². The maximum Gasteiger partial charge on any atom is 0.496 e. The second-order valence-electron chi connectivity index (χ2n) is 7.27. The quantitative estimate of drug-likeness (QED) is 0.848. The fourth-order valence-corrected chi connectivity index (χ4v) is 2.56. The first kappa shape index (κ1) is 17.8. The van der Waals surface area contributed by atoms with Crippen molar-refractivity contribution in [3.05, 3.63) is 48.2 Å². The third-order valence-corrected chi connectivity index (χ3v) is 4.94. The number of pyridine rings is 1. The van der Waals surface area contributed by atoms with Crippen LogP contribution in [0.3, 0.4) is 0 Å². The molecule has 0 saturated carbocycles. The Balaban J connectivity index is 1.61. The lowest BCUT2D eigenvalue weighted by Crippen LogP contribution is -2.41. The Morgan fingerprint density at radius 2 is 1.64 bits per heavy atom. The van der Waals surface area contributed by atoms with Crippen molar-refractivity contribution in [1.29, 1.82) is 0 Å². The van der Waals surface area contributed by atoms with Crippen LogP contribution < -0.4 is 15.5 Å². The van der Waals surface area contributed by atoms with E-state index >= 15 is 0 Å². The molecule has 0 spiro atoms. The third-order valence-electron chi connectivity index (χ3n) is 4.94. The van der Waals surface area contributed by atoms with Gasteiger partial charge in [0.15, 0.2) is 0 Å². The first-order valence-corrected chi connectivity index (χ1v) is 8.49.